The second-order valence-corrected chi connectivity index (χ2v) is 17.6. The Kier molecular flexibility index (Phi) is 11.4. The minimum Gasteiger partial charge on any atom is -0.472 e. The Hall–Kier alpha value is -3.75. The fourth-order valence-corrected chi connectivity index (χ4v) is 7.92. The Labute approximate surface area is 294 Å². The fourth-order valence-electron chi connectivity index (χ4n) is 6.62. The number of unbranched alkanes of at least 4 members (excludes halogenated alkanes) is 3. The van der Waals surface area contributed by atoms with Gasteiger partial charge < -0.3 is 25.4 Å². The van der Waals surface area contributed by atoms with Crippen molar-refractivity contribution >= 4 is 33.8 Å². The molecular weight excluding hydrogens is 664 g/mol. The van der Waals surface area contributed by atoms with Crippen LogP contribution in [0.2, 0.25) is 0 Å². The largest absolute Gasteiger partial charge is 0.472 e. The maximum absolute atomic E-state index is 14.0. The number of ether oxygens (including phenoxy) is 2. The molecule has 1 aromatic heterocycles. The van der Waals surface area contributed by atoms with Gasteiger partial charge in [0, 0.05) is 17.9 Å². The summed E-state index contributed by atoms with van der Waals surface area (Å²) in [5.74, 6) is -1.31. The number of nitrogens with zero attached hydrogens (tertiary/aromatic N) is 3. The van der Waals surface area contributed by atoms with Crippen LogP contribution in [0.15, 0.2) is 18.5 Å². The number of aryl methyl sites for hydroxylation is 1. The molecule has 50 heavy (non-hydrogen) atoms. The van der Waals surface area contributed by atoms with E-state index in [2.05, 4.69) is 20.0 Å². The predicted octanol–water partition coefficient (Wildman–Crippen LogP) is 3.22. The molecule has 276 valence electrons. The van der Waals surface area contributed by atoms with Crippen molar-refractivity contribution in [3.05, 3.63) is 29.7 Å². The molecule has 5 rings (SSSR count). The number of rotatable bonds is 15. The van der Waals surface area contributed by atoms with Gasteiger partial charge in [0.05, 0.1) is 17.0 Å². The first-order valence-corrected chi connectivity index (χ1v) is 19.4. The summed E-state index contributed by atoms with van der Waals surface area (Å²) in [6.07, 6.45) is 13.2. The smallest absolute Gasteiger partial charge is 0.408 e. The quantitative estimate of drug-likeness (QED) is 0.179. The van der Waals surface area contributed by atoms with Gasteiger partial charge in [0.2, 0.25) is 33.6 Å². The Bertz CT molecular complexity index is 1590. The minimum atomic E-state index is -3.63. The van der Waals surface area contributed by atoms with Crippen molar-refractivity contribution in [1.82, 2.24) is 24.9 Å². The monoisotopic (exact) mass is 716 g/mol. The first kappa shape index (κ1) is 37.5. The third kappa shape index (κ3) is 9.52. The summed E-state index contributed by atoms with van der Waals surface area (Å²) in [7, 11) is -3.63. The third-order valence-electron chi connectivity index (χ3n) is 9.99. The zero-order valence-electron chi connectivity index (χ0n) is 29.6. The highest BCUT2D eigenvalue weighted by Gasteiger charge is 2.52. The Morgan fingerprint density at radius 3 is 2.54 bits per heavy atom. The lowest BCUT2D eigenvalue weighted by Crippen LogP contribution is -2.53. The lowest BCUT2D eigenvalue weighted by Gasteiger charge is -2.28. The highest BCUT2D eigenvalue weighted by molar-refractivity contribution is 7.91. The molecule has 1 aromatic rings. The van der Waals surface area contributed by atoms with E-state index in [4.69, 9.17) is 15.2 Å². The average molecular weight is 717 g/mol. The normalized spacial score (nSPS) is 24.6. The SMILES string of the molecule is CC(C)(C)OC(=O)NC(CCCCCC=CC1CC1C(=O)NS(=O)(=O)C1(C)CC1)C(=O)N1CC(Oc2ncnc3c2CCCC3)CC1C(N)=O. The molecule has 4 aliphatic rings. The molecule has 5 unspecified atom stereocenters. The fraction of sp³-hybridized carbons (Fsp3) is 0.714. The topological polar surface area (TPSA) is 200 Å². The van der Waals surface area contributed by atoms with Gasteiger partial charge in [-0.15, -0.1) is 0 Å². The molecule has 14 nitrogen and oxygen atoms in total. The van der Waals surface area contributed by atoms with Crippen molar-refractivity contribution in [1.29, 1.82) is 0 Å². The first-order valence-electron chi connectivity index (χ1n) is 17.9. The second kappa shape index (κ2) is 15.2. The summed E-state index contributed by atoms with van der Waals surface area (Å²) < 4.78 is 37.8. The van der Waals surface area contributed by atoms with Crippen LogP contribution in [0.5, 0.6) is 5.88 Å². The molecule has 1 aliphatic heterocycles. The van der Waals surface area contributed by atoms with Gasteiger partial charge in [-0.1, -0.05) is 25.0 Å². The van der Waals surface area contributed by atoms with Crippen molar-refractivity contribution in [3.8, 4) is 5.88 Å². The molecule has 4 amide bonds. The van der Waals surface area contributed by atoms with Crippen LogP contribution in [0.1, 0.15) is 110 Å². The van der Waals surface area contributed by atoms with Gasteiger partial charge in [0.15, 0.2) is 0 Å². The van der Waals surface area contributed by atoms with E-state index in [-0.39, 0.29) is 24.8 Å². The lowest BCUT2D eigenvalue weighted by atomic mass is 9.97. The van der Waals surface area contributed by atoms with E-state index >= 15 is 0 Å². The molecule has 0 bridgehead atoms. The predicted molar refractivity (Wildman–Crippen MR) is 184 cm³/mol. The van der Waals surface area contributed by atoms with E-state index in [1.54, 1.807) is 27.7 Å². The van der Waals surface area contributed by atoms with Gasteiger partial charge in [-0.25, -0.2) is 23.2 Å². The summed E-state index contributed by atoms with van der Waals surface area (Å²) in [5, 5.41) is 2.72. The first-order chi connectivity index (χ1) is 23.6. The van der Waals surface area contributed by atoms with Crippen LogP contribution >= 0.6 is 0 Å². The van der Waals surface area contributed by atoms with E-state index in [1.165, 1.54) is 11.2 Å². The number of fused-ring (bicyclic) bond motifs is 1. The molecular formula is C35H52N6O8S. The Morgan fingerprint density at radius 1 is 1.10 bits per heavy atom. The maximum atomic E-state index is 14.0. The van der Waals surface area contributed by atoms with Crippen LogP contribution in [-0.2, 0) is 42.0 Å². The van der Waals surface area contributed by atoms with Gasteiger partial charge in [0.1, 0.15) is 30.1 Å². The van der Waals surface area contributed by atoms with Crippen molar-refractivity contribution < 1.29 is 37.1 Å². The van der Waals surface area contributed by atoms with Crippen LogP contribution in [0.25, 0.3) is 0 Å². The van der Waals surface area contributed by atoms with Gasteiger partial charge in [0.25, 0.3) is 0 Å². The van der Waals surface area contributed by atoms with Crippen LogP contribution in [0.4, 0.5) is 4.79 Å². The number of carbonyl (C=O) groups is 4. The molecule has 0 radical (unpaired) electrons. The third-order valence-corrected chi connectivity index (χ3v) is 12.2. The molecule has 5 atom stereocenters. The van der Waals surface area contributed by atoms with E-state index in [0.717, 1.165) is 56.2 Å². The van der Waals surface area contributed by atoms with Crippen LogP contribution in [0.3, 0.4) is 0 Å². The zero-order valence-corrected chi connectivity index (χ0v) is 30.4. The number of carbonyl (C=O) groups excluding carboxylic acids is 4. The van der Waals surface area contributed by atoms with Gasteiger partial charge in [-0.05, 0) is 97.8 Å². The minimum absolute atomic E-state index is 0.0310. The molecule has 15 heteroatoms. The summed E-state index contributed by atoms with van der Waals surface area (Å²) in [4.78, 5) is 61.8. The molecule has 2 saturated carbocycles. The molecule has 0 aromatic carbocycles. The number of amides is 4. The molecule has 0 spiro atoms. The van der Waals surface area contributed by atoms with Crippen molar-refractivity contribution in [2.45, 2.75) is 140 Å². The summed E-state index contributed by atoms with van der Waals surface area (Å²) in [5.41, 5.74) is 6.92. The molecule has 1 saturated heterocycles. The summed E-state index contributed by atoms with van der Waals surface area (Å²) >= 11 is 0. The van der Waals surface area contributed by atoms with E-state index < -0.39 is 62.4 Å². The molecule has 3 fully saturated rings. The van der Waals surface area contributed by atoms with E-state index in [0.29, 0.717) is 38.0 Å². The number of aromatic nitrogens is 2. The zero-order chi connectivity index (χ0) is 36.3. The number of hydrogen-bond acceptors (Lipinski definition) is 10. The Balaban J connectivity index is 1.13. The van der Waals surface area contributed by atoms with Crippen molar-refractivity contribution in [3.63, 3.8) is 0 Å². The highest BCUT2D eigenvalue weighted by atomic mass is 32.2. The number of allylic oxidation sites excluding steroid dienone is 2. The van der Waals surface area contributed by atoms with Crippen molar-refractivity contribution in [2.24, 2.45) is 17.6 Å². The number of hydrogen-bond donors (Lipinski definition) is 3. The number of alkyl carbamates (subject to hydrolysis) is 1. The summed E-state index contributed by atoms with van der Waals surface area (Å²) in [6, 6.07) is -1.84. The lowest BCUT2D eigenvalue weighted by molar-refractivity contribution is -0.139. The standard InChI is InChI=1S/C35H52N6O8S/c1-34(2,3)49-33(45)39-27(15-9-7-5-6-8-12-22-18-25(22)30(43)40-50(46,47)35(4)16-17-35)32(44)41-20-23(19-28(41)29(36)42)48-31-24-13-10-11-14-26(24)37-21-38-31/h8,12,21-23,25,27-28H,5-7,9-11,13-20H2,1-4H3,(H2,36,42)(H,39,45)(H,40,43). The number of likely N-dealkylation sites (tertiary alicyclic amines) is 1. The summed E-state index contributed by atoms with van der Waals surface area (Å²) in [6.45, 7) is 6.98. The number of nitrogens with one attached hydrogen (secondary N) is 2. The second-order valence-electron chi connectivity index (χ2n) is 15.4. The van der Waals surface area contributed by atoms with Gasteiger partial charge >= 0.3 is 6.09 Å². The van der Waals surface area contributed by atoms with Crippen LogP contribution in [0, 0.1) is 11.8 Å². The van der Waals surface area contributed by atoms with Gasteiger partial charge in [-0.2, -0.15) is 0 Å². The maximum Gasteiger partial charge on any atom is 0.408 e. The van der Waals surface area contributed by atoms with Crippen LogP contribution < -0.4 is 20.5 Å². The van der Waals surface area contributed by atoms with Crippen molar-refractivity contribution in [2.75, 3.05) is 6.54 Å². The Morgan fingerprint density at radius 2 is 1.84 bits per heavy atom. The molecule has 4 N–H and O–H groups in total. The highest BCUT2D eigenvalue weighted by Crippen LogP contribution is 2.44. The van der Waals surface area contributed by atoms with Crippen LogP contribution in [-0.4, -0.2) is 82.2 Å². The number of primary amides is 1. The van der Waals surface area contributed by atoms with E-state index in [1.807, 2.05) is 12.2 Å². The van der Waals surface area contributed by atoms with E-state index in [9.17, 15) is 27.6 Å². The number of sulfonamides is 1. The average Bonchev–Trinajstić information content (AvgIpc) is 3.95. The van der Waals surface area contributed by atoms with Gasteiger partial charge in [-0.3, -0.25) is 19.1 Å². The number of nitrogens with two attached hydrogens (primary N) is 1. The molecule has 2 heterocycles. The molecule has 3 aliphatic carbocycles.